The lowest BCUT2D eigenvalue weighted by molar-refractivity contribution is 0.805. The van der Waals surface area contributed by atoms with E-state index in [2.05, 4.69) is 24.0 Å². The van der Waals surface area contributed by atoms with Crippen LogP contribution < -0.4 is 5.73 Å². The Morgan fingerprint density at radius 2 is 2.08 bits per heavy atom. The zero-order valence-corrected chi connectivity index (χ0v) is 7.80. The normalized spacial score (nSPS) is 10.2. The third kappa shape index (κ3) is 2.62. The summed E-state index contributed by atoms with van der Waals surface area (Å²) in [5.74, 6) is 0. The largest absolute Gasteiger partial charge is 0.330 e. The molecule has 0 aliphatic carbocycles. The zero-order chi connectivity index (χ0) is 8.97. The van der Waals surface area contributed by atoms with Gasteiger partial charge < -0.3 is 5.73 Å². The van der Waals surface area contributed by atoms with Crippen molar-refractivity contribution in [1.82, 2.24) is 4.98 Å². The Labute approximate surface area is 73.8 Å². The fourth-order valence-corrected chi connectivity index (χ4v) is 1.34. The minimum atomic E-state index is 0.745. The molecule has 0 saturated carbocycles. The molecule has 0 unspecified atom stereocenters. The molecule has 0 aliphatic rings. The molecular formula is C10H16N2. The Morgan fingerprint density at radius 1 is 1.33 bits per heavy atom. The van der Waals surface area contributed by atoms with Crippen molar-refractivity contribution in [3.8, 4) is 0 Å². The van der Waals surface area contributed by atoms with Crippen LogP contribution in [0.5, 0.6) is 0 Å². The van der Waals surface area contributed by atoms with Crippen LogP contribution in [-0.4, -0.2) is 11.5 Å². The van der Waals surface area contributed by atoms with Crippen molar-refractivity contribution in [3.63, 3.8) is 0 Å². The Kier molecular flexibility index (Phi) is 3.23. The summed E-state index contributed by atoms with van der Waals surface area (Å²) in [5, 5.41) is 0. The monoisotopic (exact) mass is 164 g/mol. The van der Waals surface area contributed by atoms with E-state index in [-0.39, 0.29) is 0 Å². The summed E-state index contributed by atoms with van der Waals surface area (Å²) < 4.78 is 0. The van der Waals surface area contributed by atoms with Gasteiger partial charge in [-0.15, -0.1) is 0 Å². The summed E-state index contributed by atoms with van der Waals surface area (Å²) in [7, 11) is 0. The van der Waals surface area contributed by atoms with Crippen LogP contribution in [-0.2, 0) is 6.42 Å². The van der Waals surface area contributed by atoms with Crippen LogP contribution in [0.2, 0.25) is 0 Å². The fourth-order valence-electron chi connectivity index (χ4n) is 1.34. The van der Waals surface area contributed by atoms with Crippen LogP contribution >= 0.6 is 0 Å². The quantitative estimate of drug-likeness (QED) is 0.736. The van der Waals surface area contributed by atoms with E-state index >= 15 is 0 Å². The van der Waals surface area contributed by atoms with Crippen molar-refractivity contribution < 1.29 is 0 Å². The minimum absolute atomic E-state index is 0.745. The number of hydrogen-bond acceptors (Lipinski definition) is 2. The number of aryl methyl sites for hydroxylation is 3. The zero-order valence-electron chi connectivity index (χ0n) is 7.80. The van der Waals surface area contributed by atoms with Gasteiger partial charge in [0, 0.05) is 11.4 Å². The highest BCUT2D eigenvalue weighted by atomic mass is 14.7. The third-order valence-electron chi connectivity index (χ3n) is 1.79. The van der Waals surface area contributed by atoms with Crippen molar-refractivity contribution in [2.75, 3.05) is 6.54 Å². The molecule has 2 heteroatoms. The molecule has 0 aromatic carbocycles. The Bertz CT molecular complexity index is 236. The van der Waals surface area contributed by atoms with Gasteiger partial charge in [-0.3, -0.25) is 4.98 Å². The first-order valence-corrected chi connectivity index (χ1v) is 4.36. The van der Waals surface area contributed by atoms with E-state index < -0.39 is 0 Å². The highest BCUT2D eigenvalue weighted by molar-refractivity contribution is 5.19. The summed E-state index contributed by atoms with van der Waals surface area (Å²) in [4.78, 5) is 4.42. The average molecular weight is 164 g/mol. The van der Waals surface area contributed by atoms with Crippen LogP contribution in [0.4, 0.5) is 0 Å². The van der Waals surface area contributed by atoms with Gasteiger partial charge in [-0.25, -0.2) is 0 Å². The molecule has 0 spiro atoms. The van der Waals surface area contributed by atoms with Gasteiger partial charge >= 0.3 is 0 Å². The molecule has 12 heavy (non-hydrogen) atoms. The van der Waals surface area contributed by atoms with E-state index in [9.17, 15) is 0 Å². The maximum Gasteiger partial charge on any atom is 0.0409 e. The van der Waals surface area contributed by atoms with Crippen molar-refractivity contribution in [2.45, 2.75) is 26.7 Å². The second-order valence-electron chi connectivity index (χ2n) is 3.17. The number of pyridine rings is 1. The van der Waals surface area contributed by atoms with Crippen molar-refractivity contribution in [2.24, 2.45) is 5.73 Å². The Hall–Kier alpha value is -0.890. The predicted molar refractivity (Wildman–Crippen MR) is 51.1 cm³/mol. The van der Waals surface area contributed by atoms with Crippen molar-refractivity contribution in [3.05, 3.63) is 29.1 Å². The van der Waals surface area contributed by atoms with E-state index in [0.29, 0.717) is 0 Å². The highest BCUT2D eigenvalue weighted by Gasteiger charge is 1.96. The molecular weight excluding hydrogens is 148 g/mol. The number of aromatic nitrogens is 1. The van der Waals surface area contributed by atoms with Gasteiger partial charge in [0.2, 0.25) is 0 Å². The van der Waals surface area contributed by atoms with Gasteiger partial charge in [0.15, 0.2) is 0 Å². The van der Waals surface area contributed by atoms with Crippen LogP contribution in [0, 0.1) is 13.8 Å². The average Bonchev–Trinajstić information content (AvgIpc) is 1.99. The second kappa shape index (κ2) is 4.21. The highest BCUT2D eigenvalue weighted by Crippen LogP contribution is 2.05. The maximum atomic E-state index is 5.42. The summed E-state index contributed by atoms with van der Waals surface area (Å²) in [6.45, 7) is 4.87. The SMILES string of the molecule is Cc1cc(C)nc(CCCN)c1. The summed E-state index contributed by atoms with van der Waals surface area (Å²) in [5.41, 5.74) is 8.98. The first-order chi connectivity index (χ1) is 5.72. The molecule has 0 fully saturated rings. The number of nitrogens with zero attached hydrogens (tertiary/aromatic N) is 1. The van der Waals surface area contributed by atoms with Crippen LogP contribution in [0.15, 0.2) is 12.1 Å². The van der Waals surface area contributed by atoms with E-state index in [1.165, 1.54) is 5.56 Å². The molecule has 2 N–H and O–H groups in total. The van der Waals surface area contributed by atoms with Crippen LogP contribution in [0.3, 0.4) is 0 Å². The molecule has 0 bridgehead atoms. The summed E-state index contributed by atoms with van der Waals surface area (Å²) in [6, 6.07) is 4.22. The molecule has 0 saturated heterocycles. The molecule has 1 aromatic rings. The van der Waals surface area contributed by atoms with Crippen molar-refractivity contribution in [1.29, 1.82) is 0 Å². The molecule has 1 rings (SSSR count). The topological polar surface area (TPSA) is 38.9 Å². The van der Waals surface area contributed by atoms with E-state index in [4.69, 9.17) is 5.73 Å². The van der Waals surface area contributed by atoms with Gasteiger partial charge in [0.1, 0.15) is 0 Å². The van der Waals surface area contributed by atoms with E-state index in [0.717, 1.165) is 30.8 Å². The van der Waals surface area contributed by atoms with Gasteiger partial charge in [-0.05, 0) is 50.9 Å². The molecule has 0 aliphatic heterocycles. The molecule has 1 heterocycles. The third-order valence-corrected chi connectivity index (χ3v) is 1.79. The Balaban J connectivity index is 2.72. The van der Waals surface area contributed by atoms with Gasteiger partial charge in [-0.1, -0.05) is 0 Å². The minimum Gasteiger partial charge on any atom is -0.330 e. The van der Waals surface area contributed by atoms with Gasteiger partial charge in [0.25, 0.3) is 0 Å². The molecule has 0 atom stereocenters. The number of hydrogen-bond donors (Lipinski definition) is 1. The van der Waals surface area contributed by atoms with Crippen LogP contribution in [0.1, 0.15) is 23.4 Å². The number of rotatable bonds is 3. The molecule has 0 radical (unpaired) electrons. The summed E-state index contributed by atoms with van der Waals surface area (Å²) in [6.07, 6.45) is 2.02. The standard InChI is InChI=1S/C10H16N2/c1-8-6-9(2)12-10(7-8)4-3-5-11/h6-7H,3-5,11H2,1-2H3. The lowest BCUT2D eigenvalue weighted by atomic mass is 10.1. The molecule has 1 aromatic heterocycles. The fraction of sp³-hybridized carbons (Fsp3) is 0.500. The van der Waals surface area contributed by atoms with E-state index in [1.807, 2.05) is 6.92 Å². The van der Waals surface area contributed by atoms with Gasteiger partial charge in [-0.2, -0.15) is 0 Å². The Morgan fingerprint density at radius 3 is 2.67 bits per heavy atom. The molecule has 0 amide bonds. The maximum absolute atomic E-state index is 5.42. The number of nitrogens with two attached hydrogens (primary N) is 1. The van der Waals surface area contributed by atoms with Gasteiger partial charge in [0.05, 0.1) is 0 Å². The predicted octanol–water partition coefficient (Wildman–Crippen LogP) is 1.59. The molecule has 2 nitrogen and oxygen atoms in total. The summed E-state index contributed by atoms with van der Waals surface area (Å²) >= 11 is 0. The second-order valence-corrected chi connectivity index (χ2v) is 3.17. The molecule has 66 valence electrons. The van der Waals surface area contributed by atoms with Crippen LogP contribution in [0.25, 0.3) is 0 Å². The first kappa shape index (κ1) is 9.20. The van der Waals surface area contributed by atoms with E-state index in [1.54, 1.807) is 0 Å². The first-order valence-electron chi connectivity index (χ1n) is 4.36. The smallest absolute Gasteiger partial charge is 0.0409 e. The lowest BCUT2D eigenvalue weighted by Crippen LogP contribution is -2.02. The van der Waals surface area contributed by atoms with Crippen molar-refractivity contribution >= 4 is 0 Å². The lowest BCUT2D eigenvalue weighted by Gasteiger charge is -2.02.